The van der Waals surface area contributed by atoms with Crippen molar-refractivity contribution in [3.63, 3.8) is 0 Å². The van der Waals surface area contributed by atoms with Crippen LogP contribution in [0.15, 0.2) is 36.4 Å². The van der Waals surface area contributed by atoms with Crippen molar-refractivity contribution in [2.24, 2.45) is 0 Å². The van der Waals surface area contributed by atoms with Gasteiger partial charge in [-0.1, -0.05) is 26.0 Å². The number of halogens is 2. The number of ether oxygens (including phenoxy) is 1. The molecule has 0 aliphatic heterocycles. The van der Waals surface area contributed by atoms with Crippen molar-refractivity contribution in [1.29, 1.82) is 0 Å². The van der Waals surface area contributed by atoms with Crippen LogP contribution in [0.25, 0.3) is 0 Å². The molecular weight excluding hydrogens is 272 g/mol. The van der Waals surface area contributed by atoms with Crippen LogP contribution in [0.3, 0.4) is 0 Å². The molecule has 0 fully saturated rings. The Labute approximate surface area is 123 Å². The highest BCUT2D eigenvalue weighted by Gasteiger charge is 2.10. The summed E-state index contributed by atoms with van der Waals surface area (Å²) in [6.45, 7) is 6.44. The second kappa shape index (κ2) is 6.68. The average Bonchev–Trinajstić information content (AvgIpc) is 2.43. The Morgan fingerprint density at radius 1 is 1.00 bits per heavy atom. The van der Waals surface area contributed by atoms with Crippen molar-refractivity contribution in [3.05, 3.63) is 59.2 Å². The first-order chi connectivity index (χ1) is 9.95. The number of rotatable bonds is 5. The predicted molar refractivity (Wildman–Crippen MR) is 79.6 cm³/mol. The first kappa shape index (κ1) is 15.4. The van der Waals surface area contributed by atoms with Crippen molar-refractivity contribution in [2.45, 2.75) is 33.4 Å². The van der Waals surface area contributed by atoms with Crippen molar-refractivity contribution >= 4 is 0 Å². The molecule has 112 valence electrons. The van der Waals surface area contributed by atoms with Crippen LogP contribution in [0.1, 0.15) is 25.0 Å². The maximum atomic E-state index is 14.0. The molecule has 0 heterocycles. The fraction of sp³-hybridized carbons (Fsp3) is 0.294. The van der Waals surface area contributed by atoms with E-state index in [2.05, 4.69) is 5.32 Å². The van der Waals surface area contributed by atoms with Crippen molar-refractivity contribution < 1.29 is 13.5 Å². The molecular formula is C17H19F2NO. The van der Waals surface area contributed by atoms with E-state index in [1.165, 1.54) is 18.2 Å². The summed E-state index contributed by atoms with van der Waals surface area (Å²) in [4.78, 5) is 0. The summed E-state index contributed by atoms with van der Waals surface area (Å²) in [6.07, 6.45) is 0. The number of nitrogens with one attached hydrogen (secondary N) is 1. The number of benzene rings is 2. The monoisotopic (exact) mass is 291 g/mol. The number of aryl methyl sites for hydroxylation is 1. The molecule has 0 aromatic heterocycles. The fourth-order valence-electron chi connectivity index (χ4n) is 1.87. The standard InChI is InChI=1S/C17H19F2NO/c1-11(2)20-10-13-5-7-16(15(19)9-13)21-17-8-12(3)4-6-14(17)18/h4-9,11,20H,10H2,1-3H3. The third-order valence-electron chi connectivity index (χ3n) is 3.02. The molecule has 0 saturated heterocycles. The molecule has 21 heavy (non-hydrogen) atoms. The van der Waals surface area contributed by atoms with Gasteiger partial charge in [-0.15, -0.1) is 0 Å². The van der Waals surface area contributed by atoms with E-state index < -0.39 is 11.6 Å². The zero-order chi connectivity index (χ0) is 15.4. The number of hydrogen-bond acceptors (Lipinski definition) is 2. The molecule has 4 heteroatoms. The molecule has 0 aliphatic rings. The highest BCUT2D eigenvalue weighted by atomic mass is 19.1. The lowest BCUT2D eigenvalue weighted by Gasteiger charge is -2.11. The van der Waals surface area contributed by atoms with Gasteiger partial charge in [0.2, 0.25) is 0 Å². The molecule has 0 atom stereocenters. The van der Waals surface area contributed by atoms with E-state index in [-0.39, 0.29) is 11.5 Å². The molecule has 0 aliphatic carbocycles. The molecule has 2 nitrogen and oxygen atoms in total. The summed E-state index contributed by atoms with van der Waals surface area (Å²) in [7, 11) is 0. The highest BCUT2D eigenvalue weighted by molar-refractivity contribution is 5.37. The lowest BCUT2D eigenvalue weighted by molar-refractivity contribution is 0.413. The van der Waals surface area contributed by atoms with Gasteiger partial charge >= 0.3 is 0 Å². The van der Waals surface area contributed by atoms with Gasteiger partial charge < -0.3 is 10.1 Å². The summed E-state index contributed by atoms with van der Waals surface area (Å²) < 4.78 is 33.0. The Kier molecular flexibility index (Phi) is 4.91. The Bertz CT molecular complexity index is 626. The molecule has 1 N–H and O–H groups in total. The SMILES string of the molecule is Cc1ccc(F)c(Oc2ccc(CNC(C)C)cc2F)c1. The Balaban J connectivity index is 2.15. The van der Waals surface area contributed by atoms with Gasteiger partial charge in [-0.2, -0.15) is 0 Å². The van der Waals surface area contributed by atoms with Crippen LogP contribution in [0, 0.1) is 18.6 Å². The van der Waals surface area contributed by atoms with Gasteiger partial charge in [-0.3, -0.25) is 0 Å². The molecule has 0 saturated carbocycles. The zero-order valence-corrected chi connectivity index (χ0v) is 12.4. The molecule has 0 unspecified atom stereocenters. The molecule has 2 aromatic carbocycles. The fourth-order valence-corrected chi connectivity index (χ4v) is 1.87. The average molecular weight is 291 g/mol. The third-order valence-corrected chi connectivity index (χ3v) is 3.02. The molecule has 0 bridgehead atoms. The van der Waals surface area contributed by atoms with E-state index in [4.69, 9.17) is 4.74 Å². The molecule has 0 amide bonds. The Morgan fingerprint density at radius 2 is 1.76 bits per heavy atom. The molecule has 0 spiro atoms. The summed E-state index contributed by atoms with van der Waals surface area (Å²) in [5, 5.41) is 3.21. The summed E-state index contributed by atoms with van der Waals surface area (Å²) in [5.74, 6) is -0.959. The predicted octanol–water partition coefficient (Wildman–Crippen LogP) is 4.56. The van der Waals surface area contributed by atoms with Gasteiger partial charge in [0.15, 0.2) is 23.1 Å². The van der Waals surface area contributed by atoms with E-state index in [1.54, 1.807) is 18.2 Å². The third kappa shape index (κ3) is 4.26. The van der Waals surface area contributed by atoms with Crippen molar-refractivity contribution in [2.75, 3.05) is 0 Å². The normalized spacial score (nSPS) is 11.0. The lowest BCUT2D eigenvalue weighted by atomic mass is 10.2. The quantitative estimate of drug-likeness (QED) is 0.871. The van der Waals surface area contributed by atoms with Crippen LogP contribution >= 0.6 is 0 Å². The van der Waals surface area contributed by atoms with Crippen LogP contribution in [0.4, 0.5) is 8.78 Å². The topological polar surface area (TPSA) is 21.3 Å². The number of hydrogen-bond donors (Lipinski definition) is 1. The summed E-state index contributed by atoms with van der Waals surface area (Å²) in [6, 6.07) is 9.51. The highest BCUT2D eigenvalue weighted by Crippen LogP contribution is 2.28. The van der Waals surface area contributed by atoms with Crippen LogP contribution in [-0.4, -0.2) is 6.04 Å². The lowest BCUT2D eigenvalue weighted by Crippen LogP contribution is -2.21. The van der Waals surface area contributed by atoms with Gasteiger partial charge in [-0.05, 0) is 42.3 Å². The van der Waals surface area contributed by atoms with Gasteiger partial charge in [0.05, 0.1) is 0 Å². The maximum absolute atomic E-state index is 14.0. The first-order valence-corrected chi connectivity index (χ1v) is 6.91. The zero-order valence-electron chi connectivity index (χ0n) is 12.4. The van der Waals surface area contributed by atoms with Gasteiger partial charge in [0, 0.05) is 12.6 Å². The van der Waals surface area contributed by atoms with Gasteiger partial charge in [0.25, 0.3) is 0 Å². The van der Waals surface area contributed by atoms with E-state index >= 15 is 0 Å². The summed E-state index contributed by atoms with van der Waals surface area (Å²) >= 11 is 0. The largest absolute Gasteiger partial charge is 0.451 e. The van der Waals surface area contributed by atoms with E-state index in [0.29, 0.717) is 12.6 Å². The Morgan fingerprint density at radius 3 is 2.43 bits per heavy atom. The minimum absolute atomic E-state index is 0.0211. The van der Waals surface area contributed by atoms with Gasteiger partial charge in [0.1, 0.15) is 0 Å². The Hall–Kier alpha value is -1.94. The van der Waals surface area contributed by atoms with Crippen LogP contribution in [-0.2, 0) is 6.54 Å². The minimum atomic E-state index is -0.509. The molecule has 2 rings (SSSR count). The second-order valence-electron chi connectivity index (χ2n) is 5.34. The second-order valence-corrected chi connectivity index (χ2v) is 5.34. The van der Waals surface area contributed by atoms with Crippen molar-refractivity contribution in [1.82, 2.24) is 5.32 Å². The molecule has 2 aromatic rings. The molecule has 0 radical (unpaired) electrons. The summed E-state index contributed by atoms with van der Waals surface area (Å²) in [5.41, 5.74) is 1.67. The van der Waals surface area contributed by atoms with Crippen molar-refractivity contribution in [3.8, 4) is 11.5 Å². The van der Waals surface area contributed by atoms with Crippen LogP contribution in [0.2, 0.25) is 0 Å². The van der Waals surface area contributed by atoms with E-state index in [1.807, 2.05) is 20.8 Å². The minimum Gasteiger partial charge on any atom is -0.451 e. The van der Waals surface area contributed by atoms with E-state index in [0.717, 1.165) is 11.1 Å². The smallest absolute Gasteiger partial charge is 0.166 e. The van der Waals surface area contributed by atoms with Crippen LogP contribution < -0.4 is 10.1 Å². The first-order valence-electron chi connectivity index (χ1n) is 6.91. The van der Waals surface area contributed by atoms with Gasteiger partial charge in [-0.25, -0.2) is 8.78 Å². The maximum Gasteiger partial charge on any atom is 0.166 e. The van der Waals surface area contributed by atoms with Crippen LogP contribution in [0.5, 0.6) is 11.5 Å². The van der Waals surface area contributed by atoms with E-state index in [9.17, 15) is 8.78 Å².